The van der Waals surface area contributed by atoms with Gasteiger partial charge in [0.2, 0.25) is 0 Å². The number of aromatic nitrogens is 2. The number of sulfonamides is 1. The molecule has 0 unspecified atom stereocenters. The molecule has 0 spiro atoms. The van der Waals surface area contributed by atoms with E-state index in [1.807, 2.05) is 0 Å². The van der Waals surface area contributed by atoms with Crippen LogP contribution in [0.1, 0.15) is 30.4 Å². The lowest BCUT2D eigenvalue weighted by Crippen LogP contribution is -2.40. The Morgan fingerprint density at radius 1 is 1.26 bits per heavy atom. The fourth-order valence-corrected chi connectivity index (χ4v) is 5.03. The van der Waals surface area contributed by atoms with E-state index in [4.69, 9.17) is 0 Å². The molecule has 1 aromatic heterocycles. The number of benzene rings is 1. The van der Waals surface area contributed by atoms with Gasteiger partial charge in [0, 0.05) is 26.3 Å². The Balaban J connectivity index is 1.68. The molecule has 27 heavy (non-hydrogen) atoms. The number of piperidine rings is 1. The largest absolute Gasteiger partial charge is 0.416 e. The van der Waals surface area contributed by atoms with Crippen LogP contribution in [0.25, 0.3) is 0 Å². The molecule has 9 heteroatoms. The van der Waals surface area contributed by atoms with Crippen molar-refractivity contribution in [3.63, 3.8) is 0 Å². The van der Waals surface area contributed by atoms with Gasteiger partial charge in [-0.2, -0.15) is 17.5 Å². The van der Waals surface area contributed by atoms with Crippen molar-refractivity contribution in [2.45, 2.75) is 36.9 Å². The molecule has 0 N–H and O–H groups in total. The van der Waals surface area contributed by atoms with Crippen LogP contribution in [-0.2, 0) is 29.7 Å². The minimum Gasteiger partial charge on any atom is -0.339 e. The number of hydrogen-bond donors (Lipinski definition) is 0. The van der Waals surface area contributed by atoms with Crippen molar-refractivity contribution in [1.82, 2.24) is 13.9 Å². The Hall–Kier alpha value is -1.87. The molecule has 0 bridgehead atoms. The van der Waals surface area contributed by atoms with Crippen LogP contribution in [0.2, 0.25) is 0 Å². The van der Waals surface area contributed by atoms with Crippen molar-refractivity contribution in [1.29, 1.82) is 0 Å². The second-order valence-corrected chi connectivity index (χ2v) is 8.83. The first-order chi connectivity index (χ1) is 12.7. The van der Waals surface area contributed by atoms with E-state index in [0.29, 0.717) is 25.9 Å². The molecule has 1 aliphatic rings. The lowest BCUT2D eigenvalue weighted by atomic mass is 9.91. The van der Waals surface area contributed by atoms with E-state index < -0.39 is 21.8 Å². The molecule has 2 heterocycles. The zero-order valence-corrected chi connectivity index (χ0v) is 15.8. The number of aryl methyl sites for hydroxylation is 2. The van der Waals surface area contributed by atoms with Gasteiger partial charge in [-0.15, -0.1) is 0 Å². The fraction of sp³-hybridized carbons (Fsp3) is 0.500. The van der Waals surface area contributed by atoms with Gasteiger partial charge in [0.25, 0.3) is 10.0 Å². The molecule has 5 nitrogen and oxygen atoms in total. The maximum Gasteiger partial charge on any atom is 0.416 e. The quantitative estimate of drug-likeness (QED) is 0.771. The molecule has 2 aromatic rings. The smallest absolute Gasteiger partial charge is 0.339 e. The van der Waals surface area contributed by atoms with Crippen LogP contribution in [-0.4, -0.2) is 35.4 Å². The van der Waals surface area contributed by atoms with Crippen molar-refractivity contribution < 1.29 is 21.6 Å². The van der Waals surface area contributed by atoms with Crippen LogP contribution in [0.5, 0.6) is 0 Å². The van der Waals surface area contributed by atoms with E-state index in [0.717, 1.165) is 12.5 Å². The van der Waals surface area contributed by atoms with Crippen LogP contribution in [0.15, 0.2) is 41.8 Å². The van der Waals surface area contributed by atoms with Crippen molar-refractivity contribution >= 4 is 10.0 Å². The van der Waals surface area contributed by atoms with Crippen molar-refractivity contribution in [2.75, 3.05) is 13.1 Å². The lowest BCUT2D eigenvalue weighted by molar-refractivity contribution is -0.138. The molecule has 0 radical (unpaired) electrons. The highest BCUT2D eigenvalue weighted by molar-refractivity contribution is 7.89. The molecular weight excluding hydrogens is 379 g/mol. The first kappa shape index (κ1) is 19.9. The highest BCUT2D eigenvalue weighted by Crippen LogP contribution is 2.33. The number of imidazole rings is 1. The maximum absolute atomic E-state index is 13.1. The summed E-state index contributed by atoms with van der Waals surface area (Å²) < 4.78 is 67.8. The van der Waals surface area contributed by atoms with Gasteiger partial charge in [0.15, 0.2) is 5.03 Å². The Morgan fingerprint density at radius 2 is 2.00 bits per heavy atom. The monoisotopic (exact) mass is 401 g/mol. The summed E-state index contributed by atoms with van der Waals surface area (Å²) in [6, 6.07) is 5.57. The average Bonchev–Trinajstić information content (AvgIpc) is 3.07. The summed E-state index contributed by atoms with van der Waals surface area (Å²) >= 11 is 0. The molecule has 1 saturated heterocycles. The predicted molar refractivity (Wildman–Crippen MR) is 94.5 cm³/mol. The lowest BCUT2D eigenvalue weighted by Gasteiger charge is -2.31. The molecule has 0 aliphatic carbocycles. The molecule has 0 amide bonds. The minimum absolute atomic E-state index is 0.00747. The third-order valence-electron chi connectivity index (χ3n) is 4.91. The highest BCUT2D eigenvalue weighted by atomic mass is 32.2. The van der Waals surface area contributed by atoms with E-state index >= 15 is 0 Å². The summed E-state index contributed by atoms with van der Waals surface area (Å²) in [7, 11) is -1.97. The second-order valence-electron chi connectivity index (χ2n) is 6.94. The zero-order chi connectivity index (χ0) is 19.7. The van der Waals surface area contributed by atoms with E-state index in [1.165, 1.54) is 29.0 Å². The molecule has 1 aliphatic heterocycles. The molecule has 148 valence electrons. The van der Waals surface area contributed by atoms with Crippen LogP contribution in [0.4, 0.5) is 13.2 Å². The number of nitrogens with zero attached hydrogens (tertiary/aromatic N) is 3. The van der Waals surface area contributed by atoms with Gasteiger partial charge in [-0.25, -0.2) is 13.4 Å². The Labute approximate surface area is 156 Å². The topological polar surface area (TPSA) is 55.2 Å². The molecular formula is C18H22F3N3O2S. The summed E-state index contributed by atoms with van der Waals surface area (Å²) in [4.78, 5) is 3.93. The molecule has 1 atom stereocenters. The van der Waals surface area contributed by atoms with Gasteiger partial charge in [0.05, 0.1) is 11.9 Å². The van der Waals surface area contributed by atoms with Gasteiger partial charge in [0.1, 0.15) is 0 Å². The van der Waals surface area contributed by atoms with Crippen LogP contribution in [0.3, 0.4) is 0 Å². The number of hydrogen-bond acceptors (Lipinski definition) is 3. The summed E-state index contributed by atoms with van der Waals surface area (Å²) in [5.74, 6) is 0.0264. The highest BCUT2D eigenvalue weighted by Gasteiger charge is 2.34. The predicted octanol–water partition coefficient (Wildman–Crippen LogP) is 3.47. The first-order valence-corrected chi connectivity index (χ1v) is 10.2. The van der Waals surface area contributed by atoms with Crippen molar-refractivity contribution in [2.24, 2.45) is 13.0 Å². The van der Waals surface area contributed by atoms with E-state index in [-0.39, 0.29) is 22.9 Å². The SMILES string of the molecule is Cn1cnc(S(=O)(=O)N2CCC[C@H](CCc3ccccc3C(F)(F)F)C2)c1. The maximum atomic E-state index is 13.1. The van der Waals surface area contributed by atoms with Gasteiger partial charge in [-0.05, 0) is 43.2 Å². The van der Waals surface area contributed by atoms with Gasteiger partial charge < -0.3 is 4.57 Å². The number of rotatable bonds is 5. The zero-order valence-electron chi connectivity index (χ0n) is 15.0. The molecule has 3 rings (SSSR count). The first-order valence-electron chi connectivity index (χ1n) is 8.81. The van der Waals surface area contributed by atoms with Gasteiger partial charge in [-0.3, -0.25) is 0 Å². The Morgan fingerprint density at radius 3 is 2.67 bits per heavy atom. The van der Waals surface area contributed by atoms with Crippen LogP contribution < -0.4 is 0 Å². The molecule has 1 aromatic carbocycles. The summed E-state index contributed by atoms with van der Waals surface area (Å²) in [6.07, 6.45) is 0.803. The van der Waals surface area contributed by atoms with E-state index in [1.54, 1.807) is 17.7 Å². The van der Waals surface area contributed by atoms with Crippen molar-refractivity contribution in [3.05, 3.63) is 47.9 Å². The summed E-state index contributed by atoms with van der Waals surface area (Å²) in [6.45, 7) is 0.724. The standard InChI is InChI=1S/C18H22F3N3O2S/c1-23-12-17(22-13-23)27(25,26)24-10-4-5-14(11-24)8-9-15-6-2-3-7-16(15)18(19,20)21/h2-3,6-7,12-14H,4-5,8-11H2,1H3/t14-/m1/s1. The van der Waals surface area contributed by atoms with Crippen LogP contribution in [0, 0.1) is 5.92 Å². The number of alkyl halides is 3. The van der Waals surface area contributed by atoms with Gasteiger partial charge in [-0.1, -0.05) is 18.2 Å². The Bertz CT molecular complexity index is 893. The van der Waals surface area contributed by atoms with Crippen molar-refractivity contribution in [3.8, 4) is 0 Å². The van der Waals surface area contributed by atoms with E-state index in [2.05, 4.69) is 4.98 Å². The van der Waals surface area contributed by atoms with E-state index in [9.17, 15) is 21.6 Å². The molecule has 1 fully saturated rings. The third kappa shape index (κ3) is 4.52. The van der Waals surface area contributed by atoms with Gasteiger partial charge >= 0.3 is 6.18 Å². The third-order valence-corrected chi connectivity index (χ3v) is 6.66. The second kappa shape index (κ2) is 7.63. The summed E-state index contributed by atoms with van der Waals surface area (Å²) in [5, 5.41) is 0.00747. The average molecular weight is 401 g/mol. The van der Waals surface area contributed by atoms with Crippen LogP contribution >= 0.6 is 0 Å². The molecule has 0 saturated carbocycles. The summed E-state index contributed by atoms with van der Waals surface area (Å²) in [5.41, 5.74) is -0.353. The Kier molecular flexibility index (Phi) is 5.62. The fourth-order valence-electron chi connectivity index (χ4n) is 3.51. The normalized spacial score (nSPS) is 19.3. The number of halogens is 3. The minimum atomic E-state index is -4.38.